The first-order valence-electron chi connectivity index (χ1n) is 12.3. The maximum atomic E-state index is 15.2. The summed E-state index contributed by atoms with van der Waals surface area (Å²) in [5.74, 6) is 1.63. The van der Waals surface area contributed by atoms with E-state index in [1.807, 2.05) is 30.9 Å². The number of aryl methyl sites for hydroxylation is 2. The van der Waals surface area contributed by atoms with Crippen molar-refractivity contribution in [1.82, 2.24) is 30.4 Å². The van der Waals surface area contributed by atoms with Gasteiger partial charge in [0.15, 0.2) is 11.6 Å². The van der Waals surface area contributed by atoms with Crippen LogP contribution in [0.15, 0.2) is 24.4 Å². The molecule has 4 N–H and O–H groups in total. The molecule has 190 valence electrons. The number of rotatable bonds is 6. The van der Waals surface area contributed by atoms with Crippen molar-refractivity contribution in [3.8, 4) is 0 Å². The zero-order chi connectivity index (χ0) is 25.2. The number of aromatic amines is 1. The topological polar surface area (TPSA) is 111 Å². The van der Waals surface area contributed by atoms with E-state index in [0.717, 1.165) is 52.6 Å². The third kappa shape index (κ3) is 5.46. The second kappa shape index (κ2) is 10.7. The molecule has 0 radical (unpaired) electrons. The number of piperidine rings is 1. The van der Waals surface area contributed by atoms with E-state index in [-0.39, 0.29) is 23.7 Å². The number of H-pyrrole nitrogens is 1. The van der Waals surface area contributed by atoms with Gasteiger partial charge >= 0.3 is 0 Å². The quantitative estimate of drug-likeness (QED) is 0.307. The molecular formula is C25H30FIN8O. The first-order chi connectivity index (χ1) is 17.4. The number of nitrogens with zero attached hydrogens (tertiary/aromatic N) is 4. The van der Waals surface area contributed by atoms with Crippen LogP contribution in [0.5, 0.6) is 0 Å². The van der Waals surface area contributed by atoms with Crippen molar-refractivity contribution in [2.24, 2.45) is 0 Å². The van der Waals surface area contributed by atoms with Gasteiger partial charge in [-0.2, -0.15) is 10.1 Å². The van der Waals surface area contributed by atoms with Crippen LogP contribution in [0.3, 0.4) is 0 Å². The lowest BCUT2D eigenvalue weighted by Gasteiger charge is -2.34. The van der Waals surface area contributed by atoms with Crippen molar-refractivity contribution in [3.63, 3.8) is 0 Å². The third-order valence-corrected chi connectivity index (χ3v) is 7.69. The van der Waals surface area contributed by atoms with Gasteiger partial charge in [-0.25, -0.2) is 9.37 Å². The van der Waals surface area contributed by atoms with Crippen LogP contribution in [0.25, 0.3) is 0 Å². The zero-order valence-electron chi connectivity index (χ0n) is 20.4. The highest BCUT2D eigenvalue weighted by molar-refractivity contribution is 14.1. The summed E-state index contributed by atoms with van der Waals surface area (Å²) in [6, 6.07) is 5.28. The van der Waals surface area contributed by atoms with Crippen LogP contribution in [0, 0.1) is 23.2 Å². The summed E-state index contributed by atoms with van der Waals surface area (Å²) >= 11 is 2.14. The molecule has 0 saturated carbocycles. The molecule has 2 aromatic heterocycles. The zero-order valence-corrected chi connectivity index (χ0v) is 22.5. The molecule has 2 fully saturated rings. The minimum atomic E-state index is -0.344. The molecule has 1 unspecified atom stereocenters. The summed E-state index contributed by atoms with van der Waals surface area (Å²) in [4.78, 5) is 23.5. The van der Waals surface area contributed by atoms with Crippen molar-refractivity contribution >= 4 is 51.8 Å². The van der Waals surface area contributed by atoms with E-state index >= 15 is 4.39 Å². The summed E-state index contributed by atoms with van der Waals surface area (Å²) in [7, 11) is 0. The van der Waals surface area contributed by atoms with Gasteiger partial charge in [-0.05, 0) is 97.8 Å². The van der Waals surface area contributed by atoms with E-state index in [0.29, 0.717) is 36.4 Å². The molecule has 3 aromatic rings. The summed E-state index contributed by atoms with van der Waals surface area (Å²) in [6.07, 6.45) is 5.33. The lowest BCUT2D eigenvalue weighted by atomic mass is 9.86. The molecule has 0 aliphatic carbocycles. The lowest BCUT2D eigenvalue weighted by Crippen LogP contribution is -2.46. The number of hydrogen-bond donors (Lipinski definition) is 4. The van der Waals surface area contributed by atoms with Crippen LogP contribution in [-0.4, -0.2) is 56.6 Å². The molecule has 9 nitrogen and oxygen atoms in total. The van der Waals surface area contributed by atoms with Crippen LogP contribution < -0.4 is 16.0 Å². The molecule has 2 saturated heterocycles. The fraction of sp³-hybridized carbons (Fsp3) is 0.440. The number of anilines is 4. The van der Waals surface area contributed by atoms with Gasteiger partial charge in [0.25, 0.3) is 0 Å². The molecule has 1 aromatic carbocycles. The number of nitrogens with one attached hydrogen (secondary N) is 4. The average molecular weight is 604 g/mol. The number of halogens is 2. The Hall–Kier alpha value is -2.80. The molecule has 2 aliphatic rings. The summed E-state index contributed by atoms with van der Waals surface area (Å²) in [5, 5.41) is 16.5. The molecular weight excluding hydrogens is 574 g/mol. The number of hydrogen-bond acceptors (Lipinski definition) is 7. The third-order valence-electron chi connectivity index (χ3n) is 6.90. The van der Waals surface area contributed by atoms with Gasteiger partial charge in [0.05, 0.1) is 15.3 Å². The van der Waals surface area contributed by atoms with E-state index in [9.17, 15) is 4.79 Å². The second-order valence-electron chi connectivity index (χ2n) is 9.51. The number of likely N-dealkylation sites (tertiary alicyclic amines) is 1. The van der Waals surface area contributed by atoms with E-state index < -0.39 is 0 Å². The molecule has 36 heavy (non-hydrogen) atoms. The second-order valence-corrected chi connectivity index (χ2v) is 10.7. The predicted octanol–water partition coefficient (Wildman–Crippen LogP) is 4.51. The minimum absolute atomic E-state index is 0.0336. The van der Waals surface area contributed by atoms with Crippen LogP contribution in [0.2, 0.25) is 0 Å². The minimum Gasteiger partial charge on any atom is -0.341 e. The molecule has 1 amide bonds. The van der Waals surface area contributed by atoms with Gasteiger partial charge in [0, 0.05) is 31.0 Å². The van der Waals surface area contributed by atoms with E-state index in [1.165, 1.54) is 0 Å². The van der Waals surface area contributed by atoms with Gasteiger partial charge in [-0.1, -0.05) is 0 Å². The maximum Gasteiger partial charge on any atom is 0.239 e. The van der Waals surface area contributed by atoms with Crippen LogP contribution in [-0.2, 0) is 4.79 Å². The van der Waals surface area contributed by atoms with Gasteiger partial charge in [0.1, 0.15) is 5.82 Å². The molecule has 1 atom stereocenters. The highest BCUT2D eigenvalue weighted by Crippen LogP contribution is 2.34. The summed E-state index contributed by atoms with van der Waals surface area (Å²) in [5.41, 5.74) is 3.28. The Labute approximate surface area is 223 Å². The van der Waals surface area contributed by atoms with Crippen LogP contribution in [0.1, 0.15) is 48.4 Å². The first kappa shape index (κ1) is 24.9. The number of amides is 1. The largest absolute Gasteiger partial charge is 0.341 e. The Balaban J connectivity index is 1.26. The number of benzene rings is 1. The number of carbonyl (C=O) groups is 1. The van der Waals surface area contributed by atoms with E-state index in [4.69, 9.17) is 0 Å². The van der Waals surface area contributed by atoms with E-state index in [1.54, 1.807) is 12.3 Å². The number of aromatic nitrogens is 4. The average Bonchev–Trinajstić information content (AvgIpc) is 3.55. The van der Waals surface area contributed by atoms with Gasteiger partial charge in [-0.3, -0.25) is 9.89 Å². The molecule has 0 spiro atoms. The molecule has 4 heterocycles. The smallest absolute Gasteiger partial charge is 0.239 e. The molecule has 5 rings (SSSR count). The molecule has 2 aliphatic heterocycles. The van der Waals surface area contributed by atoms with Crippen molar-refractivity contribution in [2.75, 3.05) is 30.3 Å². The fourth-order valence-corrected chi connectivity index (χ4v) is 5.39. The van der Waals surface area contributed by atoms with Gasteiger partial charge in [-0.15, -0.1) is 0 Å². The van der Waals surface area contributed by atoms with E-state index in [2.05, 4.69) is 58.7 Å². The maximum absolute atomic E-state index is 15.2. The van der Waals surface area contributed by atoms with Crippen molar-refractivity contribution < 1.29 is 9.18 Å². The van der Waals surface area contributed by atoms with Crippen molar-refractivity contribution in [1.29, 1.82) is 0 Å². The first-order valence-corrected chi connectivity index (χ1v) is 13.4. The fourth-order valence-electron chi connectivity index (χ4n) is 5.00. The molecule has 11 heteroatoms. The Morgan fingerprint density at radius 3 is 2.67 bits per heavy atom. The van der Waals surface area contributed by atoms with Crippen molar-refractivity contribution in [3.05, 3.63) is 50.6 Å². The SMILES string of the molecule is Cc1cc(Nc2nc(Nc3cc(C)c(C4CCN(C(=O)C5CCCN5)CC4)cc3F)ncc2I)n[nH]1. The van der Waals surface area contributed by atoms with Gasteiger partial charge in [0.2, 0.25) is 11.9 Å². The summed E-state index contributed by atoms with van der Waals surface area (Å²) < 4.78 is 16.0. The highest BCUT2D eigenvalue weighted by atomic mass is 127. The van der Waals surface area contributed by atoms with Gasteiger partial charge < -0.3 is 20.9 Å². The lowest BCUT2D eigenvalue weighted by molar-refractivity contribution is -0.134. The van der Waals surface area contributed by atoms with Crippen LogP contribution >= 0.6 is 22.6 Å². The Morgan fingerprint density at radius 1 is 1.17 bits per heavy atom. The Bertz CT molecular complexity index is 1250. The Kier molecular flexibility index (Phi) is 7.37. The summed E-state index contributed by atoms with van der Waals surface area (Å²) in [6.45, 7) is 6.26. The highest BCUT2D eigenvalue weighted by Gasteiger charge is 2.31. The number of carbonyl (C=O) groups excluding carboxylic acids is 1. The normalized spacial score (nSPS) is 18.4. The van der Waals surface area contributed by atoms with Crippen molar-refractivity contribution in [2.45, 2.75) is 51.5 Å². The standard InChI is InChI=1S/C25H30FIN8O/c1-14-10-21(30-25-29-13-19(27)23(32-25)31-22-11-15(2)33-34-22)18(26)12-17(14)16-5-8-35(9-6-16)24(36)20-4-3-7-28-20/h10-13,16,20,28H,3-9H2,1-2H3,(H3,29,30,31,32,33,34). The monoisotopic (exact) mass is 604 g/mol. The molecule has 0 bridgehead atoms. The Morgan fingerprint density at radius 2 is 1.97 bits per heavy atom. The van der Waals surface area contributed by atoms with Crippen LogP contribution in [0.4, 0.5) is 27.7 Å². The predicted molar refractivity (Wildman–Crippen MR) is 145 cm³/mol.